The van der Waals surface area contributed by atoms with Crippen LogP contribution in [0.25, 0.3) is 6.08 Å². The molecule has 0 unspecified atom stereocenters. The van der Waals surface area contributed by atoms with E-state index in [0.717, 1.165) is 4.90 Å². The smallest absolute Gasteiger partial charge is 0.343 e. The second-order valence-corrected chi connectivity index (χ2v) is 10.8. The van der Waals surface area contributed by atoms with Crippen LogP contribution in [-0.2, 0) is 23.9 Å². The number of nitrogens with one attached hydrogen (secondary N) is 1. The Morgan fingerprint density at radius 1 is 1.12 bits per heavy atom. The molecule has 0 radical (unpaired) electrons. The summed E-state index contributed by atoms with van der Waals surface area (Å²) >= 11 is 8.79. The lowest BCUT2D eigenvalue weighted by Gasteiger charge is -2.14. The number of esters is 2. The van der Waals surface area contributed by atoms with Crippen LogP contribution in [0.3, 0.4) is 0 Å². The molecule has 2 aromatic carbocycles. The van der Waals surface area contributed by atoms with Crippen molar-refractivity contribution in [3.8, 4) is 11.5 Å². The van der Waals surface area contributed by atoms with E-state index < -0.39 is 35.5 Å². The van der Waals surface area contributed by atoms with Gasteiger partial charge in [0, 0.05) is 5.69 Å². The van der Waals surface area contributed by atoms with Crippen molar-refractivity contribution >= 4 is 86.7 Å². The van der Waals surface area contributed by atoms with E-state index >= 15 is 0 Å². The van der Waals surface area contributed by atoms with Gasteiger partial charge in [-0.3, -0.25) is 19.3 Å². The first-order chi connectivity index (χ1) is 19.6. The highest BCUT2D eigenvalue weighted by molar-refractivity contribution is 14.1. The molecular weight excluding hydrogens is 691 g/mol. The molecular formula is C27H26ClIN2O9S. The number of carbonyl (C=O) groups excluding carboxylic acids is 5. The van der Waals surface area contributed by atoms with E-state index in [4.69, 9.17) is 25.8 Å². The third kappa shape index (κ3) is 8.60. The topological polar surface area (TPSA) is 138 Å². The van der Waals surface area contributed by atoms with E-state index in [9.17, 15) is 24.0 Å². The fourth-order valence-electron chi connectivity index (χ4n) is 3.43. The summed E-state index contributed by atoms with van der Waals surface area (Å²) < 4.78 is 21.5. The summed E-state index contributed by atoms with van der Waals surface area (Å²) in [7, 11) is 1.25. The summed E-state index contributed by atoms with van der Waals surface area (Å²) in [5.74, 6) is -1.80. The Balaban J connectivity index is 1.73. The van der Waals surface area contributed by atoms with Crippen LogP contribution in [-0.4, -0.2) is 67.4 Å². The van der Waals surface area contributed by atoms with Gasteiger partial charge in [-0.15, -0.1) is 0 Å². The maximum Gasteiger partial charge on any atom is 0.343 e. The number of halogens is 2. The normalized spacial score (nSPS) is 13.8. The van der Waals surface area contributed by atoms with Gasteiger partial charge in [0.05, 0.1) is 39.4 Å². The summed E-state index contributed by atoms with van der Waals surface area (Å²) in [6.45, 7) is 3.32. The number of hydrogen-bond donors (Lipinski definition) is 1. The predicted octanol–water partition coefficient (Wildman–Crippen LogP) is 5.14. The summed E-state index contributed by atoms with van der Waals surface area (Å²) in [6, 6.07) is 7.59. The number of anilines is 1. The number of thioether (sulfide) groups is 1. The number of amides is 3. The van der Waals surface area contributed by atoms with Crippen molar-refractivity contribution in [1.29, 1.82) is 0 Å². The fraction of sp³-hybridized carbons (Fsp3) is 0.296. The molecule has 0 spiro atoms. The van der Waals surface area contributed by atoms with Crippen molar-refractivity contribution in [2.75, 3.05) is 38.8 Å². The van der Waals surface area contributed by atoms with Crippen molar-refractivity contribution in [2.24, 2.45) is 0 Å². The molecule has 0 saturated carbocycles. The van der Waals surface area contributed by atoms with Crippen LogP contribution in [0.4, 0.5) is 10.5 Å². The van der Waals surface area contributed by atoms with Gasteiger partial charge < -0.3 is 24.3 Å². The monoisotopic (exact) mass is 716 g/mol. The van der Waals surface area contributed by atoms with Crippen LogP contribution in [0.2, 0.25) is 5.02 Å². The van der Waals surface area contributed by atoms with Crippen LogP contribution in [0.5, 0.6) is 11.5 Å². The minimum absolute atomic E-state index is 0.0785. The minimum Gasteiger partial charge on any atom is -0.490 e. The van der Waals surface area contributed by atoms with Gasteiger partial charge in [0.25, 0.3) is 11.1 Å². The average Bonchev–Trinajstić information content (AvgIpc) is 3.19. The molecule has 3 amide bonds. The van der Waals surface area contributed by atoms with E-state index in [1.165, 1.54) is 31.4 Å². The lowest BCUT2D eigenvalue weighted by atomic mass is 10.2. The van der Waals surface area contributed by atoms with Gasteiger partial charge in [-0.2, -0.15) is 0 Å². The molecule has 1 fully saturated rings. The first-order valence-electron chi connectivity index (χ1n) is 12.3. The second kappa shape index (κ2) is 15.1. The molecule has 1 aliphatic heterocycles. The quantitative estimate of drug-likeness (QED) is 0.179. The van der Waals surface area contributed by atoms with E-state index in [0.29, 0.717) is 45.4 Å². The standard InChI is InChI=1S/C27H26ClIN2O9S/c1-4-8-39-26(35)17-12-16(6-7-18(17)28)30-22(32)13-31-25(34)21(41-27(31)36)11-15-9-19(29)24(20(10-15)38-5-2)40-14-23(33)37-3/h6-7,9-12H,4-5,8,13-14H2,1-3H3,(H,30,32)/b21-11+. The number of methoxy groups -OCH3 is 1. The lowest BCUT2D eigenvalue weighted by Crippen LogP contribution is -2.36. The molecule has 1 N–H and O–H groups in total. The highest BCUT2D eigenvalue weighted by Gasteiger charge is 2.36. The number of imide groups is 1. The van der Waals surface area contributed by atoms with Gasteiger partial charge in [-0.05, 0) is 89.7 Å². The zero-order chi connectivity index (χ0) is 30.1. The summed E-state index contributed by atoms with van der Waals surface area (Å²) in [5.41, 5.74) is 0.870. The highest BCUT2D eigenvalue weighted by atomic mass is 127. The molecule has 0 bridgehead atoms. The molecule has 0 aliphatic carbocycles. The van der Waals surface area contributed by atoms with Gasteiger partial charge in [0.1, 0.15) is 6.54 Å². The summed E-state index contributed by atoms with van der Waals surface area (Å²) in [5, 5.41) is 2.11. The van der Waals surface area contributed by atoms with Gasteiger partial charge in [0.15, 0.2) is 18.1 Å². The Kier molecular flexibility index (Phi) is 11.8. The van der Waals surface area contributed by atoms with Crippen molar-refractivity contribution in [3.05, 3.63) is 55.0 Å². The molecule has 2 aromatic rings. The molecule has 0 aromatic heterocycles. The maximum absolute atomic E-state index is 13.0. The molecule has 14 heteroatoms. The van der Waals surface area contributed by atoms with E-state index in [1.54, 1.807) is 19.1 Å². The van der Waals surface area contributed by atoms with Gasteiger partial charge in [-0.25, -0.2) is 9.59 Å². The summed E-state index contributed by atoms with van der Waals surface area (Å²) in [6.07, 6.45) is 2.14. The highest BCUT2D eigenvalue weighted by Crippen LogP contribution is 2.37. The molecule has 41 heavy (non-hydrogen) atoms. The van der Waals surface area contributed by atoms with Crippen LogP contribution < -0.4 is 14.8 Å². The molecule has 1 aliphatic rings. The Labute approximate surface area is 259 Å². The Morgan fingerprint density at radius 2 is 1.88 bits per heavy atom. The van der Waals surface area contributed by atoms with Crippen molar-refractivity contribution in [3.63, 3.8) is 0 Å². The number of ether oxygens (including phenoxy) is 4. The molecule has 1 heterocycles. The predicted molar refractivity (Wildman–Crippen MR) is 161 cm³/mol. The maximum atomic E-state index is 13.0. The lowest BCUT2D eigenvalue weighted by molar-refractivity contribution is -0.143. The minimum atomic E-state index is -0.649. The van der Waals surface area contributed by atoms with Crippen LogP contribution in [0.1, 0.15) is 36.2 Å². The van der Waals surface area contributed by atoms with Crippen LogP contribution in [0.15, 0.2) is 35.2 Å². The number of hydrogen-bond acceptors (Lipinski definition) is 10. The summed E-state index contributed by atoms with van der Waals surface area (Å²) in [4.78, 5) is 63.0. The van der Waals surface area contributed by atoms with Crippen LogP contribution >= 0.6 is 46.0 Å². The van der Waals surface area contributed by atoms with Gasteiger partial charge >= 0.3 is 11.9 Å². The number of carbonyl (C=O) groups is 5. The third-order valence-electron chi connectivity index (χ3n) is 5.27. The molecule has 1 saturated heterocycles. The third-order valence-corrected chi connectivity index (χ3v) is 7.31. The Bertz CT molecular complexity index is 1400. The van der Waals surface area contributed by atoms with E-state index in [2.05, 4.69) is 10.1 Å². The first kappa shape index (κ1) is 32.2. The second-order valence-electron chi connectivity index (χ2n) is 8.27. The molecule has 0 atom stereocenters. The Hall–Kier alpha value is -3.30. The fourth-order valence-corrected chi connectivity index (χ4v) is 5.24. The van der Waals surface area contributed by atoms with Crippen molar-refractivity contribution < 1.29 is 42.9 Å². The largest absolute Gasteiger partial charge is 0.490 e. The number of nitrogens with zero attached hydrogens (tertiary/aromatic N) is 1. The van der Waals surface area contributed by atoms with E-state index in [1.807, 2.05) is 29.5 Å². The molecule has 3 rings (SSSR count). The van der Waals surface area contributed by atoms with Crippen LogP contribution in [0, 0.1) is 3.57 Å². The molecule has 11 nitrogen and oxygen atoms in total. The number of benzene rings is 2. The zero-order valence-corrected chi connectivity index (χ0v) is 26.0. The average molecular weight is 717 g/mol. The first-order valence-corrected chi connectivity index (χ1v) is 14.5. The van der Waals surface area contributed by atoms with Crippen molar-refractivity contribution in [2.45, 2.75) is 20.3 Å². The SMILES string of the molecule is CCCOC(=O)c1cc(NC(=O)CN2C(=O)S/C(=C/c3cc(I)c(OCC(=O)OC)c(OCC)c3)C2=O)ccc1Cl. The zero-order valence-electron chi connectivity index (χ0n) is 22.3. The number of rotatable bonds is 12. The van der Waals surface area contributed by atoms with Gasteiger partial charge in [0.2, 0.25) is 5.91 Å². The molecule has 218 valence electrons. The Morgan fingerprint density at radius 3 is 2.56 bits per heavy atom. The van der Waals surface area contributed by atoms with E-state index in [-0.39, 0.29) is 34.4 Å². The van der Waals surface area contributed by atoms with Crippen molar-refractivity contribution in [1.82, 2.24) is 4.90 Å². The van der Waals surface area contributed by atoms with Gasteiger partial charge in [-0.1, -0.05) is 18.5 Å².